The van der Waals surface area contributed by atoms with Crippen LogP contribution in [0.15, 0.2) is 73.3 Å². The summed E-state index contributed by atoms with van der Waals surface area (Å²) in [6.45, 7) is 2.25. The predicted molar refractivity (Wildman–Crippen MR) is 141 cm³/mol. The second-order valence-electron chi connectivity index (χ2n) is 8.76. The highest BCUT2D eigenvalue weighted by molar-refractivity contribution is 5.96. The minimum atomic E-state index is -0.536. The zero-order valence-corrected chi connectivity index (χ0v) is 20.6. The summed E-state index contributed by atoms with van der Waals surface area (Å²) in [5.74, 6) is 0.841. The minimum absolute atomic E-state index is 0.319. The lowest BCUT2D eigenvalue weighted by Crippen LogP contribution is -2.37. The standard InChI is InChI=1S/C27H27N7O3/c1-18(14-33(2)25(36)16-35)37-24-8-5-7-22-26(24)27(30-17-29-22)32-20-9-10-23-19(12-20)13-31-34(23)15-21-6-3-4-11-28-21/h3-13,17-18,35H,14-16H2,1-2H3,(H,29,30,32)/t18-/m1/s1. The van der Waals surface area contributed by atoms with Crippen molar-refractivity contribution in [1.29, 1.82) is 0 Å². The van der Waals surface area contributed by atoms with Gasteiger partial charge in [-0.1, -0.05) is 12.1 Å². The van der Waals surface area contributed by atoms with E-state index >= 15 is 0 Å². The lowest BCUT2D eigenvalue weighted by Gasteiger charge is -2.23. The molecule has 2 N–H and O–H groups in total. The van der Waals surface area contributed by atoms with Crippen molar-refractivity contribution >= 4 is 39.2 Å². The van der Waals surface area contributed by atoms with Crippen molar-refractivity contribution in [3.05, 3.63) is 79.0 Å². The number of aliphatic hydroxyl groups is 1. The van der Waals surface area contributed by atoms with E-state index in [0.717, 1.165) is 33.2 Å². The van der Waals surface area contributed by atoms with Gasteiger partial charge in [0.1, 0.15) is 30.6 Å². The fourth-order valence-corrected chi connectivity index (χ4v) is 4.21. The molecule has 1 atom stereocenters. The predicted octanol–water partition coefficient (Wildman–Crippen LogP) is 3.38. The number of ether oxygens (including phenoxy) is 1. The summed E-state index contributed by atoms with van der Waals surface area (Å²) in [5.41, 5.74) is 3.52. The van der Waals surface area contributed by atoms with Crippen molar-refractivity contribution < 1.29 is 14.6 Å². The highest BCUT2D eigenvalue weighted by Gasteiger charge is 2.16. The van der Waals surface area contributed by atoms with E-state index in [1.165, 1.54) is 11.2 Å². The van der Waals surface area contributed by atoms with Crippen LogP contribution in [0.4, 0.5) is 11.5 Å². The lowest BCUT2D eigenvalue weighted by atomic mass is 10.2. The first-order valence-corrected chi connectivity index (χ1v) is 11.9. The number of carbonyl (C=O) groups excluding carboxylic acids is 1. The van der Waals surface area contributed by atoms with E-state index in [0.29, 0.717) is 24.7 Å². The molecule has 0 bridgehead atoms. The van der Waals surface area contributed by atoms with Gasteiger partial charge in [-0.25, -0.2) is 9.97 Å². The number of fused-ring (bicyclic) bond motifs is 2. The van der Waals surface area contributed by atoms with E-state index in [1.54, 1.807) is 13.2 Å². The molecule has 10 nitrogen and oxygen atoms in total. The zero-order valence-electron chi connectivity index (χ0n) is 20.6. The maximum Gasteiger partial charge on any atom is 0.248 e. The Balaban J connectivity index is 1.40. The fraction of sp³-hybridized carbons (Fsp3) is 0.222. The van der Waals surface area contributed by atoms with Gasteiger partial charge in [0, 0.05) is 24.3 Å². The average Bonchev–Trinajstić information content (AvgIpc) is 3.30. The number of aliphatic hydroxyl groups excluding tert-OH is 1. The van der Waals surface area contributed by atoms with Gasteiger partial charge in [-0.05, 0) is 49.4 Å². The van der Waals surface area contributed by atoms with Gasteiger partial charge in [-0.3, -0.25) is 14.5 Å². The Kier molecular flexibility index (Phi) is 6.91. The molecule has 2 aromatic carbocycles. The minimum Gasteiger partial charge on any atom is -0.488 e. The van der Waals surface area contributed by atoms with Crippen LogP contribution in [0.3, 0.4) is 0 Å². The van der Waals surface area contributed by atoms with Crippen LogP contribution in [0.1, 0.15) is 12.6 Å². The molecule has 0 aliphatic rings. The molecule has 0 spiro atoms. The summed E-state index contributed by atoms with van der Waals surface area (Å²) in [4.78, 5) is 26.5. The number of hydrogen-bond donors (Lipinski definition) is 2. The molecule has 0 aliphatic heterocycles. The third-order valence-electron chi connectivity index (χ3n) is 5.99. The molecule has 3 heterocycles. The Morgan fingerprint density at radius 1 is 1.14 bits per heavy atom. The van der Waals surface area contributed by atoms with Crippen LogP contribution in [0, 0.1) is 0 Å². The number of rotatable bonds is 9. The Bertz CT molecular complexity index is 1530. The Morgan fingerprint density at radius 2 is 2.03 bits per heavy atom. The van der Waals surface area contributed by atoms with Gasteiger partial charge in [0.05, 0.1) is 41.4 Å². The molecule has 5 aromatic rings. The topological polar surface area (TPSA) is 118 Å². The summed E-state index contributed by atoms with van der Waals surface area (Å²) >= 11 is 0. The summed E-state index contributed by atoms with van der Waals surface area (Å²) in [5, 5.41) is 18.8. The smallest absolute Gasteiger partial charge is 0.248 e. The van der Waals surface area contributed by atoms with Crippen molar-refractivity contribution in [3.63, 3.8) is 0 Å². The fourth-order valence-electron chi connectivity index (χ4n) is 4.21. The zero-order chi connectivity index (χ0) is 25.8. The third-order valence-corrected chi connectivity index (χ3v) is 5.99. The Hall–Kier alpha value is -4.57. The van der Waals surface area contributed by atoms with E-state index < -0.39 is 6.61 Å². The molecule has 37 heavy (non-hydrogen) atoms. The van der Waals surface area contributed by atoms with E-state index in [4.69, 9.17) is 9.84 Å². The number of nitrogens with zero attached hydrogens (tertiary/aromatic N) is 6. The van der Waals surface area contributed by atoms with Gasteiger partial charge >= 0.3 is 0 Å². The Labute approximate surface area is 213 Å². The highest BCUT2D eigenvalue weighted by atomic mass is 16.5. The molecule has 188 valence electrons. The van der Waals surface area contributed by atoms with Crippen molar-refractivity contribution in [1.82, 2.24) is 29.6 Å². The van der Waals surface area contributed by atoms with Crippen molar-refractivity contribution in [2.24, 2.45) is 0 Å². The first kappa shape index (κ1) is 24.1. The lowest BCUT2D eigenvalue weighted by molar-refractivity contribution is -0.133. The van der Waals surface area contributed by atoms with Crippen LogP contribution >= 0.6 is 0 Å². The number of pyridine rings is 1. The van der Waals surface area contributed by atoms with Crippen LogP contribution in [0.5, 0.6) is 5.75 Å². The van der Waals surface area contributed by atoms with Gasteiger partial charge in [0.2, 0.25) is 5.91 Å². The van der Waals surface area contributed by atoms with E-state index in [2.05, 4.69) is 25.4 Å². The first-order valence-electron chi connectivity index (χ1n) is 11.9. The number of anilines is 2. The Morgan fingerprint density at radius 3 is 2.84 bits per heavy atom. The van der Waals surface area contributed by atoms with Gasteiger partial charge in [0.25, 0.3) is 0 Å². The van der Waals surface area contributed by atoms with Crippen LogP contribution < -0.4 is 10.1 Å². The maximum absolute atomic E-state index is 11.7. The number of amides is 1. The van der Waals surface area contributed by atoms with E-state index in [1.807, 2.05) is 72.4 Å². The summed E-state index contributed by atoms with van der Waals surface area (Å²) in [6.07, 6.45) is 4.80. The second-order valence-corrected chi connectivity index (χ2v) is 8.76. The molecule has 0 saturated carbocycles. The van der Waals surface area contributed by atoms with Crippen LogP contribution in [0.25, 0.3) is 21.8 Å². The molecule has 0 radical (unpaired) electrons. The number of carbonyl (C=O) groups is 1. The highest BCUT2D eigenvalue weighted by Crippen LogP contribution is 2.33. The second kappa shape index (κ2) is 10.6. The molecule has 0 fully saturated rings. The van der Waals surface area contributed by atoms with E-state index in [9.17, 15) is 4.79 Å². The molecule has 1 amide bonds. The SMILES string of the molecule is C[C@H](CN(C)C(=O)CO)Oc1cccc2ncnc(Nc3ccc4c(cnn4Cc4ccccn4)c3)c12. The van der Waals surface area contributed by atoms with E-state index in [-0.39, 0.29) is 12.0 Å². The van der Waals surface area contributed by atoms with Crippen molar-refractivity contribution in [2.75, 3.05) is 25.5 Å². The molecule has 3 aromatic heterocycles. The number of aromatic nitrogens is 5. The van der Waals surface area contributed by atoms with Gasteiger partial charge in [0.15, 0.2) is 0 Å². The summed E-state index contributed by atoms with van der Waals surface area (Å²) < 4.78 is 8.11. The quantitative estimate of drug-likeness (QED) is 0.318. The molecule has 5 rings (SSSR count). The van der Waals surface area contributed by atoms with Crippen LogP contribution in [-0.4, -0.2) is 66.9 Å². The van der Waals surface area contributed by atoms with Gasteiger partial charge in [-0.15, -0.1) is 0 Å². The van der Waals surface area contributed by atoms with Gasteiger partial charge < -0.3 is 20.1 Å². The number of likely N-dealkylation sites (N-methyl/N-ethyl adjacent to an activating group) is 1. The molecule has 0 saturated heterocycles. The molecular formula is C27H27N7O3. The molecule has 0 aliphatic carbocycles. The summed E-state index contributed by atoms with van der Waals surface area (Å²) in [7, 11) is 1.63. The van der Waals surface area contributed by atoms with Gasteiger partial charge in [-0.2, -0.15) is 5.10 Å². The summed E-state index contributed by atoms with van der Waals surface area (Å²) in [6, 6.07) is 17.5. The maximum atomic E-state index is 11.7. The molecule has 0 unspecified atom stereocenters. The van der Waals surface area contributed by atoms with Crippen molar-refractivity contribution in [2.45, 2.75) is 19.6 Å². The van der Waals surface area contributed by atoms with Crippen LogP contribution in [-0.2, 0) is 11.3 Å². The largest absolute Gasteiger partial charge is 0.488 e. The number of hydrogen-bond acceptors (Lipinski definition) is 8. The first-order chi connectivity index (χ1) is 18.0. The molecular weight excluding hydrogens is 470 g/mol. The number of nitrogens with one attached hydrogen (secondary N) is 1. The number of benzene rings is 2. The molecule has 10 heteroatoms. The normalized spacial score (nSPS) is 12.0. The average molecular weight is 498 g/mol. The monoisotopic (exact) mass is 497 g/mol. The third kappa shape index (κ3) is 5.34. The van der Waals surface area contributed by atoms with Crippen molar-refractivity contribution in [3.8, 4) is 5.75 Å². The van der Waals surface area contributed by atoms with Crippen LogP contribution in [0.2, 0.25) is 0 Å².